The lowest BCUT2D eigenvalue weighted by Crippen LogP contribution is -2.36. The molecule has 1 unspecified atom stereocenters. The van der Waals surface area contributed by atoms with E-state index in [9.17, 15) is 8.42 Å². The van der Waals surface area contributed by atoms with E-state index in [-0.39, 0.29) is 10.9 Å². The zero-order valence-corrected chi connectivity index (χ0v) is 12.1. The van der Waals surface area contributed by atoms with Crippen molar-refractivity contribution in [1.82, 2.24) is 19.5 Å². The lowest BCUT2D eigenvalue weighted by Gasteiger charge is -2.15. The molecule has 0 aromatic carbocycles. The highest BCUT2D eigenvalue weighted by Crippen LogP contribution is 2.17. The minimum absolute atomic E-state index is 0.134. The number of rotatable bonds is 6. The zero-order valence-electron chi connectivity index (χ0n) is 11.3. The van der Waals surface area contributed by atoms with Crippen LogP contribution in [0, 0.1) is 0 Å². The van der Waals surface area contributed by atoms with Crippen molar-refractivity contribution in [3.8, 4) is 0 Å². The van der Waals surface area contributed by atoms with Gasteiger partial charge in [0.25, 0.3) is 0 Å². The molecule has 0 bridgehead atoms. The predicted octanol–water partition coefficient (Wildman–Crippen LogP) is 0.687. The summed E-state index contributed by atoms with van der Waals surface area (Å²) >= 11 is 0. The lowest BCUT2D eigenvalue weighted by molar-refractivity contribution is 0.494. The van der Waals surface area contributed by atoms with Crippen molar-refractivity contribution < 1.29 is 8.42 Å². The molecule has 0 aliphatic rings. The first-order valence-electron chi connectivity index (χ1n) is 6.15. The summed E-state index contributed by atoms with van der Waals surface area (Å²) in [4.78, 5) is 4.13. The van der Waals surface area contributed by atoms with Gasteiger partial charge in [-0.05, 0) is 25.1 Å². The molecular formula is C12H17N5O2S. The average molecular weight is 295 g/mol. The van der Waals surface area contributed by atoms with Gasteiger partial charge in [0.05, 0.1) is 6.54 Å². The van der Waals surface area contributed by atoms with Crippen LogP contribution >= 0.6 is 0 Å². The van der Waals surface area contributed by atoms with Crippen LogP contribution in [0.1, 0.15) is 6.92 Å². The van der Waals surface area contributed by atoms with Gasteiger partial charge in [-0.2, -0.15) is 5.10 Å². The maximum atomic E-state index is 12.3. The lowest BCUT2D eigenvalue weighted by atomic mass is 10.4. The highest BCUT2D eigenvalue weighted by molar-refractivity contribution is 7.89. The monoisotopic (exact) mass is 295 g/mol. The molecule has 0 aliphatic heterocycles. The summed E-state index contributed by atoms with van der Waals surface area (Å²) in [7, 11) is -1.99. The second-order valence-electron chi connectivity index (χ2n) is 4.35. The fourth-order valence-corrected chi connectivity index (χ4v) is 3.25. The number of nitrogens with zero attached hydrogens (tertiary/aromatic N) is 3. The van der Waals surface area contributed by atoms with Crippen LogP contribution in [0.4, 0.5) is 5.82 Å². The van der Waals surface area contributed by atoms with Crippen LogP contribution in [0.15, 0.2) is 41.7 Å². The second kappa shape index (κ2) is 6.02. The molecule has 8 heteroatoms. The number of hydrogen-bond donors (Lipinski definition) is 2. The van der Waals surface area contributed by atoms with Gasteiger partial charge in [0.2, 0.25) is 10.0 Å². The van der Waals surface area contributed by atoms with Gasteiger partial charge in [0.15, 0.2) is 0 Å². The van der Waals surface area contributed by atoms with Crippen molar-refractivity contribution in [2.75, 3.05) is 12.4 Å². The van der Waals surface area contributed by atoms with Crippen molar-refractivity contribution in [2.24, 2.45) is 0 Å². The average Bonchev–Trinajstić information content (AvgIpc) is 2.90. The Kier molecular flexibility index (Phi) is 4.35. The van der Waals surface area contributed by atoms with Crippen molar-refractivity contribution >= 4 is 15.8 Å². The smallest absolute Gasteiger partial charge is 0.244 e. The second-order valence-corrected chi connectivity index (χ2v) is 6.03. The molecule has 0 aliphatic carbocycles. The molecule has 0 saturated heterocycles. The van der Waals surface area contributed by atoms with Crippen LogP contribution in [-0.4, -0.2) is 36.3 Å². The maximum Gasteiger partial charge on any atom is 0.244 e. The number of hydrogen-bond acceptors (Lipinski definition) is 5. The number of pyridine rings is 1. The van der Waals surface area contributed by atoms with Gasteiger partial charge in [-0.25, -0.2) is 18.1 Å². The molecular weight excluding hydrogens is 278 g/mol. The van der Waals surface area contributed by atoms with Gasteiger partial charge >= 0.3 is 0 Å². The number of sulfonamides is 1. The molecule has 0 spiro atoms. The summed E-state index contributed by atoms with van der Waals surface area (Å²) < 4.78 is 29.0. The molecule has 2 aromatic heterocycles. The molecule has 1 atom stereocenters. The van der Waals surface area contributed by atoms with E-state index in [1.165, 1.54) is 12.3 Å². The number of nitrogens with one attached hydrogen (secondary N) is 2. The van der Waals surface area contributed by atoms with Crippen LogP contribution in [0.3, 0.4) is 0 Å². The molecule has 0 radical (unpaired) electrons. The normalized spacial score (nSPS) is 13.1. The van der Waals surface area contributed by atoms with Crippen LogP contribution in [0.2, 0.25) is 0 Å². The molecule has 2 heterocycles. The van der Waals surface area contributed by atoms with E-state index < -0.39 is 10.0 Å². The largest absolute Gasteiger partial charge is 0.372 e. The highest BCUT2D eigenvalue weighted by Gasteiger charge is 2.21. The fourth-order valence-electron chi connectivity index (χ4n) is 1.85. The number of aromatic nitrogens is 3. The van der Waals surface area contributed by atoms with Crippen molar-refractivity contribution in [1.29, 1.82) is 0 Å². The van der Waals surface area contributed by atoms with E-state index in [0.29, 0.717) is 12.4 Å². The molecule has 7 nitrogen and oxygen atoms in total. The Balaban J connectivity index is 2.14. The summed E-state index contributed by atoms with van der Waals surface area (Å²) in [5.41, 5.74) is 0. The first-order valence-corrected chi connectivity index (χ1v) is 7.64. The molecule has 0 saturated carbocycles. The first-order chi connectivity index (χ1) is 9.53. The van der Waals surface area contributed by atoms with Crippen LogP contribution in [0.25, 0.3) is 0 Å². The third-order valence-corrected chi connectivity index (χ3v) is 4.29. The quantitative estimate of drug-likeness (QED) is 0.818. The molecule has 0 amide bonds. The fraction of sp³-hybridized carbons (Fsp3) is 0.333. The third-order valence-electron chi connectivity index (χ3n) is 2.67. The predicted molar refractivity (Wildman–Crippen MR) is 75.8 cm³/mol. The zero-order chi connectivity index (χ0) is 14.6. The van der Waals surface area contributed by atoms with E-state index >= 15 is 0 Å². The summed E-state index contributed by atoms with van der Waals surface area (Å²) in [6.07, 6.45) is 4.98. The maximum absolute atomic E-state index is 12.3. The van der Waals surface area contributed by atoms with Crippen molar-refractivity contribution in [3.63, 3.8) is 0 Å². The Bertz CT molecular complexity index is 654. The van der Waals surface area contributed by atoms with Crippen molar-refractivity contribution in [2.45, 2.75) is 24.4 Å². The van der Waals surface area contributed by atoms with Gasteiger partial charge in [0.1, 0.15) is 10.7 Å². The minimum Gasteiger partial charge on any atom is -0.372 e. The van der Waals surface area contributed by atoms with Gasteiger partial charge in [0, 0.05) is 31.7 Å². The standard InChI is InChI=1S/C12H17N5O2S/c1-10(9-17-8-4-7-15-17)16-20(18,19)11-5-3-6-14-12(11)13-2/h3-8,10,16H,9H2,1-2H3,(H,13,14). The Labute approximate surface area is 118 Å². The topological polar surface area (TPSA) is 88.9 Å². The van der Waals surface area contributed by atoms with Gasteiger partial charge in [-0.1, -0.05) is 0 Å². The van der Waals surface area contributed by atoms with E-state index in [4.69, 9.17) is 0 Å². The van der Waals surface area contributed by atoms with Crippen LogP contribution in [-0.2, 0) is 16.6 Å². The third kappa shape index (κ3) is 3.34. The molecule has 2 rings (SSSR count). The molecule has 2 aromatic rings. The SMILES string of the molecule is CNc1ncccc1S(=O)(=O)NC(C)Cn1cccn1. The van der Waals surface area contributed by atoms with E-state index in [1.54, 1.807) is 43.2 Å². The van der Waals surface area contributed by atoms with E-state index in [0.717, 1.165) is 0 Å². The van der Waals surface area contributed by atoms with Crippen LogP contribution in [0.5, 0.6) is 0 Å². The van der Waals surface area contributed by atoms with Gasteiger partial charge in [-0.15, -0.1) is 0 Å². The molecule has 0 fully saturated rings. The summed E-state index contributed by atoms with van der Waals surface area (Å²) in [6.45, 7) is 2.25. The van der Waals surface area contributed by atoms with Crippen LogP contribution < -0.4 is 10.0 Å². The highest BCUT2D eigenvalue weighted by atomic mass is 32.2. The summed E-state index contributed by atoms with van der Waals surface area (Å²) in [5.74, 6) is 0.325. The van der Waals surface area contributed by atoms with E-state index in [2.05, 4.69) is 20.1 Å². The Morgan fingerprint density at radius 3 is 2.80 bits per heavy atom. The Hall–Kier alpha value is -1.93. The minimum atomic E-state index is -3.62. The number of anilines is 1. The van der Waals surface area contributed by atoms with Crippen molar-refractivity contribution in [3.05, 3.63) is 36.8 Å². The Morgan fingerprint density at radius 1 is 1.35 bits per heavy atom. The summed E-state index contributed by atoms with van der Waals surface area (Å²) in [5, 5.41) is 6.82. The molecule has 20 heavy (non-hydrogen) atoms. The summed E-state index contributed by atoms with van der Waals surface area (Å²) in [6, 6.07) is 4.61. The Morgan fingerprint density at radius 2 is 2.15 bits per heavy atom. The molecule has 2 N–H and O–H groups in total. The van der Waals surface area contributed by atoms with Gasteiger partial charge < -0.3 is 5.32 Å². The van der Waals surface area contributed by atoms with E-state index in [1.807, 2.05) is 0 Å². The van der Waals surface area contributed by atoms with Gasteiger partial charge in [-0.3, -0.25) is 4.68 Å². The first kappa shape index (κ1) is 14.5. The molecule has 108 valence electrons.